The summed E-state index contributed by atoms with van der Waals surface area (Å²) in [4.78, 5) is 38.7. The van der Waals surface area contributed by atoms with E-state index in [1.807, 2.05) is 42.5 Å². The minimum absolute atomic E-state index is 0.0300. The number of anilines is 2. The number of para-hydroxylation sites is 2. The lowest BCUT2D eigenvalue weighted by Crippen LogP contribution is -2.39. The molecular formula is C21H21N3O3. The number of likely N-dealkylation sites (tertiary alicyclic amines) is 1. The molecular weight excluding hydrogens is 342 g/mol. The van der Waals surface area contributed by atoms with E-state index in [1.165, 1.54) is 6.92 Å². The van der Waals surface area contributed by atoms with Crippen molar-refractivity contribution in [2.24, 2.45) is 0 Å². The Balaban J connectivity index is 1.53. The molecule has 6 nitrogen and oxygen atoms in total. The summed E-state index contributed by atoms with van der Waals surface area (Å²) in [7, 11) is 0. The third-order valence-corrected chi connectivity index (χ3v) is 5.42. The average Bonchev–Trinajstić information content (AvgIpc) is 3.20. The summed E-state index contributed by atoms with van der Waals surface area (Å²) in [6.45, 7) is 2.37. The summed E-state index contributed by atoms with van der Waals surface area (Å²) in [6.07, 6.45) is 0.810. The molecule has 0 radical (unpaired) electrons. The van der Waals surface area contributed by atoms with Crippen molar-refractivity contribution in [2.45, 2.75) is 25.2 Å². The summed E-state index contributed by atoms with van der Waals surface area (Å²) < 4.78 is 0. The lowest BCUT2D eigenvalue weighted by molar-refractivity contribution is -0.130. The van der Waals surface area contributed by atoms with Crippen LogP contribution in [-0.2, 0) is 26.2 Å². The number of nitrogens with one attached hydrogen (secondary N) is 2. The molecule has 1 atom stereocenters. The predicted octanol–water partition coefficient (Wildman–Crippen LogP) is 2.31. The van der Waals surface area contributed by atoms with Gasteiger partial charge in [0.25, 0.3) is 0 Å². The van der Waals surface area contributed by atoms with E-state index in [9.17, 15) is 14.4 Å². The van der Waals surface area contributed by atoms with Gasteiger partial charge in [0.15, 0.2) is 0 Å². The third-order valence-electron chi connectivity index (χ3n) is 5.42. The van der Waals surface area contributed by atoms with Gasteiger partial charge in [-0.3, -0.25) is 14.4 Å². The van der Waals surface area contributed by atoms with Crippen molar-refractivity contribution in [3.05, 3.63) is 59.7 Å². The molecule has 1 unspecified atom stereocenters. The zero-order chi connectivity index (χ0) is 19.0. The van der Waals surface area contributed by atoms with Crippen LogP contribution in [0, 0.1) is 0 Å². The van der Waals surface area contributed by atoms with Crippen molar-refractivity contribution in [2.75, 3.05) is 23.7 Å². The second kappa shape index (κ2) is 6.54. The number of benzene rings is 2. The highest BCUT2D eigenvalue weighted by Crippen LogP contribution is 2.44. The SMILES string of the molecule is CC(=O)Nc1ccccc1CC(=O)N1CCC2(C1)C(=O)Nc1ccccc12. The molecule has 4 rings (SSSR count). The number of hydrogen-bond donors (Lipinski definition) is 2. The second-order valence-corrected chi connectivity index (χ2v) is 7.16. The first kappa shape index (κ1) is 17.3. The molecule has 2 N–H and O–H groups in total. The Hall–Kier alpha value is -3.15. The minimum atomic E-state index is -0.649. The van der Waals surface area contributed by atoms with E-state index in [0.717, 1.165) is 16.8 Å². The molecule has 0 aromatic heterocycles. The molecule has 6 heteroatoms. The zero-order valence-electron chi connectivity index (χ0n) is 15.1. The maximum atomic E-state index is 12.9. The van der Waals surface area contributed by atoms with Gasteiger partial charge in [-0.05, 0) is 29.7 Å². The van der Waals surface area contributed by atoms with Crippen molar-refractivity contribution >= 4 is 29.1 Å². The van der Waals surface area contributed by atoms with Gasteiger partial charge >= 0.3 is 0 Å². The van der Waals surface area contributed by atoms with Crippen LogP contribution in [0.15, 0.2) is 48.5 Å². The van der Waals surface area contributed by atoms with Crippen LogP contribution >= 0.6 is 0 Å². The normalized spacial score (nSPS) is 20.5. The fraction of sp³-hybridized carbons (Fsp3) is 0.286. The first-order valence-corrected chi connectivity index (χ1v) is 9.04. The van der Waals surface area contributed by atoms with Gasteiger partial charge in [-0.25, -0.2) is 0 Å². The van der Waals surface area contributed by atoms with Gasteiger partial charge in [-0.2, -0.15) is 0 Å². The maximum Gasteiger partial charge on any atom is 0.236 e. The number of carbonyl (C=O) groups is 3. The fourth-order valence-electron chi connectivity index (χ4n) is 4.06. The van der Waals surface area contributed by atoms with Crippen LogP contribution in [-0.4, -0.2) is 35.7 Å². The van der Waals surface area contributed by atoms with Crippen molar-refractivity contribution in [3.8, 4) is 0 Å². The molecule has 1 fully saturated rings. The molecule has 2 aromatic rings. The van der Waals surface area contributed by atoms with Crippen molar-refractivity contribution < 1.29 is 14.4 Å². The quantitative estimate of drug-likeness (QED) is 0.878. The average molecular weight is 363 g/mol. The highest BCUT2D eigenvalue weighted by Gasteiger charge is 2.51. The van der Waals surface area contributed by atoms with Gasteiger partial charge in [0.05, 0.1) is 11.8 Å². The van der Waals surface area contributed by atoms with E-state index in [-0.39, 0.29) is 24.1 Å². The molecule has 0 aliphatic carbocycles. The predicted molar refractivity (Wildman–Crippen MR) is 102 cm³/mol. The largest absolute Gasteiger partial charge is 0.341 e. The Morgan fingerprint density at radius 3 is 2.70 bits per heavy atom. The first-order chi connectivity index (χ1) is 13.0. The van der Waals surface area contributed by atoms with Crippen molar-refractivity contribution in [1.29, 1.82) is 0 Å². The topological polar surface area (TPSA) is 78.5 Å². The maximum absolute atomic E-state index is 12.9. The smallest absolute Gasteiger partial charge is 0.236 e. The Morgan fingerprint density at radius 2 is 1.89 bits per heavy atom. The summed E-state index contributed by atoms with van der Waals surface area (Å²) in [5.41, 5.74) is 2.59. The standard InChI is InChI=1S/C21H21N3O3/c1-14(25)22-17-8-4-2-6-15(17)12-19(26)24-11-10-21(13-24)16-7-3-5-9-18(16)23-20(21)27/h2-9H,10-13H2,1H3,(H,22,25)(H,23,27). The molecule has 0 bridgehead atoms. The molecule has 2 heterocycles. The summed E-state index contributed by atoms with van der Waals surface area (Å²) in [6, 6.07) is 15.0. The Kier molecular flexibility index (Phi) is 4.18. The van der Waals surface area contributed by atoms with Crippen LogP contribution in [0.5, 0.6) is 0 Å². The van der Waals surface area contributed by atoms with Gasteiger partial charge in [0, 0.05) is 31.4 Å². The van der Waals surface area contributed by atoms with Crippen LogP contribution in [0.25, 0.3) is 0 Å². The van der Waals surface area contributed by atoms with E-state index in [0.29, 0.717) is 25.2 Å². The number of amides is 3. The van der Waals surface area contributed by atoms with E-state index in [4.69, 9.17) is 0 Å². The lowest BCUT2D eigenvalue weighted by Gasteiger charge is -2.23. The monoisotopic (exact) mass is 363 g/mol. The molecule has 138 valence electrons. The van der Waals surface area contributed by atoms with E-state index in [1.54, 1.807) is 11.0 Å². The molecule has 1 saturated heterocycles. The molecule has 3 amide bonds. The number of fused-ring (bicyclic) bond motifs is 2. The van der Waals surface area contributed by atoms with Crippen molar-refractivity contribution in [3.63, 3.8) is 0 Å². The van der Waals surface area contributed by atoms with Gasteiger partial charge in [0.2, 0.25) is 17.7 Å². The Morgan fingerprint density at radius 1 is 1.15 bits per heavy atom. The Bertz CT molecular complexity index is 940. The number of rotatable bonds is 3. The van der Waals surface area contributed by atoms with Crippen LogP contribution in [0.2, 0.25) is 0 Å². The fourth-order valence-corrected chi connectivity index (χ4v) is 4.06. The summed E-state index contributed by atoms with van der Waals surface area (Å²) >= 11 is 0. The first-order valence-electron chi connectivity index (χ1n) is 9.04. The summed E-state index contributed by atoms with van der Waals surface area (Å²) in [5, 5.41) is 5.71. The third kappa shape index (κ3) is 2.97. The summed E-state index contributed by atoms with van der Waals surface area (Å²) in [5.74, 6) is -0.242. The second-order valence-electron chi connectivity index (χ2n) is 7.16. The van der Waals surface area contributed by atoms with Gasteiger partial charge < -0.3 is 15.5 Å². The van der Waals surface area contributed by atoms with Gasteiger partial charge in [0.1, 0.15) is 0 Å². The molecule has 1 spiro atoms. The lowest BCUT2D eigenvalue weighted by atomic mass is 9.81. The highest BCUT2D eigenvalue weighted by atomic mass is 16.2. The molecule has 0 saturated carbocycles. The number of carbonyl (C=O) groups excluding carboxylic acids is 3. The van der Waals surface area contributed by atoms with Crippen LogP contribution in [0.3, 0.4) is 0 Å². The number of nitrogens with zero attached hydrogens (tertiary/aromatic N) is 1. The van der Waals surface area contributed by atoms with Gasteiger partial charge in [-0.1, -0.05) is 36.4 Å². The molecule has 2 aromatic carbocycles. The van der Waals surface area contributed by atoms with E-state index >= 15 is 0 Å². The minimum Gasteiger partial charge on any atom is -0.341 e. The van der Waals surface area contributed by atoms with Crippen molar-refractivity contribution in [1.82, 2.24) is 4.90 Å². The van der Waals surface area contributed by atoms with E-state index in [2.05, 4.69) is 10.6 Å². The Labute approximate surface area is 157 Å². The van der Waals surface area contributed by atoms with E-state index < -0.39 is 5.41 Å². The molecule has 27 heavy (non-hydrogen) atoms. The van der Waals surface area contributed by atoms with Crippen LogP contribution in [0.1, 0.15) is 24.5 Å². The molecule has 2 aliphatic rings. The zero-order valence-corrected chi connectivity index (χ0v) is 15.1. The number of hydrogen-bond acceptors (Lipinski definition) is 3. The van der Waals surface area contributed by atoms with Gasteiger partial charge in [-0.15, -0.1) is 0 Å². The van der Waals surface area contributed by atoms with Crippen LogP contribution in [0.4, 0.5) is 11.4 Å². The molecule has 2 aliphatic heterocycles. The van der Waals surface area contributed by atoms with Crippen LogP contribution < -0.4 is 10.6 Å². The highest BCUT2D eigenvalue weighted by molar-refractivity contribution is 6.07.